The Morgan fingerprint density at radius 1 is 0.630 bits per heavy atom. The summed E-state index contributed by atoms with van der Waals surface area (Å²) in [5.74, 6) is 0. The molecule has 0 saturated carbocycles. The smallest absolute Gasteiger partial charge is 0.0350 e. The van der Waals surface area contributed by atoms with Gasteiger partial charge in [-0.15, -0.1) is 0 Å². The van der Waals surface area contributed by atoms with Crippen LogP contribution in [-0.2, 0) is 0 Å². The highest BCUT2D eigenvalue weighted by molar-refractivity contribution is 5.03. The van der Waals surface area contributed by atoms with Crippen LogP contribution in [0.2, 0.25) is 0 Å². The largest absolute Gasteiger partial charge is 0.300 e. The maximum Gasteiger partial charge on any atom is 0.0350 e. The molecule has 4 aliphatic rings. The van der Waals surface area contributed by atoms with E-state index < -0.39 is 0 Å². The van der Waals surface area contributed by atoms with E-state index in [4.69, 9.17) is 0 Å². The standard InChI is InChI=1S/C23H44N4/c1-21(2,3)26-15-20(16-26)24-11-7-19(8-12-24)25-13-9-23(10-14-25)17-27(18-23)22(4,5)6/h19-20H,7-18H2,1-6H3. The summed E-state index contributed by atoms with van der Waals surface area (Å²) in [6.07, 6.45) is 5.66. The third-order valence-electron chi connectivity index (χ3n) is 8.20. The molecule has 0 aromatic heterocycles. The topological polar surface area (TPSA) is 13.0 Å². The van der Waals surface area contributed by atoms with Gasteiger partial charge in [-0.1, -0.05) is 0 Å². The Bertz CT molecular complexity index is 501. The quantitative estimate of drug-likeness (QED) is 0.734. The third kappa shape index (κ3) is 4.10. The molecular formula is C23H44N4. The SMILES string of the molecule is CC(C)(C)N1CC(N2CCC(N3CCC4(CC3)CN(C(C)(C)C)C4)CC2)C1. The van der Waals surface area contributed by atoms with Crippen molar-refractivity contribution in [1.29, 1.82) is 0 Å². The predicted molar refractivity (Wildman–Crippen MR) is 114 cm³/mol. The molecule has 0 aromatic carbocycles. The number of hydrogen-bond donors (Lipinski definition) is 0. The zero-order valence-corrected chi connectivity index (χ0v) is 18.9. The molecule has 156 valence electrons. The maximum absolute atomic E-state index is 2.85. The molecule has 4 heterocycles. The van der Waals surface area contributed by atoms with Gasteiger partial charge < -0.3 is 4.90 Å². The van der Waals surface area contributed by atoms with Gasteiger partial charge in [-0.3, -0.25) is 14.7 Å². The molecule has 1 spiro atoms. The van der Waals surface area contributed by atoms with Crippen LogP contribution >= 0.6 is 0 Å². The van der Waals surface area contributed by atoms with Crippen LogP contribution in [0.3, 0.4) is 0 Å². The van der Waals surface area contributed by atoms with Crippen molar-refractivity contribution < 1.29 is 0 Å². The van der Waals surface area contributed by atoms with E-state index in [0.717, 1.165) is 12.1 Å². The molecule has 0 aliphatic carbocycles. The molecule has 0 bridgehead atoms. The second kappa shape index (κ2) is 6.97. The van der Waals surface area contributed by atoms with Gasteiger partial charge in [-0.05, 0) is 85.7 Å². The summed E-state index contributed by atoms with van der Waals surface area (Å²) in [7, 11) is 0. The van der Waals surface area contributed by atoms with Crippen molar-refractivity contribution >= 4 is 0 Å². The summed E-state index contributed by atoms with van der Waals surface area (Å²) in [5.41, 5.74) is 1.37. The van der Waals surface area contributed by atoms with Crippen molar-refractivity contribution in [3.05, 3.63) is 0 Å². The minimum absolute atomic E-state index is 0.350. The first-order valence-corrected chi connectivity index (χ1v) is 11.5. The Morgan fingerprint density at radius 2 is 1.11 bits per heavy atom. The first-order valence-electron chi connectivity index (χ1n) is 11.5. The highest BCUT2D eigenvalue weighted by Crippen LogP contribution is 2.44. The summed E-state index contributed by atoms with van der Waals surface area (Å²) in [5, 5.41) is 0. The number of hydrogen-bond acceptors (Lipinski definition) is 4. The molecule has 0 radical (unpaired) electrons. The number of nitrogens with zero attached hydrogens (tertiary/aromatic N) is 4. The molecule has 4 fully saturated rings. The van der Waals surface area contributed by atoms with Crippen LogP contribution < -0.4 is 0 Å². The summed E-state index contributed by atoms with van der Waals surface area (Å²) in [4.78, 5) is 11.0. The van der Waals surface area contributed by atoms with E-state index in [2.05, 4.69) is 61.1 Å². The van der Waals surface area contributed by atoms with Gasteiger partial charge >= 0.3 is 0 Å². The first kappa shape index (κ1) is 20.1. The molecule has 4 rings (SSSR count). The average Bonchev–Trinajstić information content (AvgIpc) is 2.50. The maximum atomic E-state index is 2.85. The van der Waals surface area contributed by atoms with Gasteiger partial charge in [0, 0.05) is 62.4 Å². The van der Waals surface area contributed by atoms with Crippen LogP contribution in [0.25, 0.3) is 0 Å². The van der Waals surface area contributed by atoms with E-state index in [1.165, 1.54) is 78.0 Å². The summed E-state index contributed by atoms with van der Waals surface area (Å²) in [6.45, 7) is 24.7. The van der Waals surface area contributed by atoms with E-state index in [-0.39, 0.29) is 0 Å². The lowest BCUT2D eigenvalue weighted by molar-refractivity contribution is -0.0986. The molecule has 4 aliphatic heterocycles. The highest BCUT2D eigenvalue weighted by Gasteiger charge is 2.48. The minimum Gasteiger partial charge on any atom is -0.300 e. The van der Waals surface area contributed by atoms with Gasteiger partial charge in [0.1, 0.15) is 0 Å². The normalized spacial score (nSPS) is 30.4. The highest BCUT2D eigenvalue weighted by atomic mass is 15.3. The molecule has 27 heavy (non-hydrogen) atoms. The lowest BCUT2D eigenvalue weighted by Gasteiger charge is -2.59. The molecule has 4 heteroatoms. The Labute approximate surface area is 168 Å². The van der Waals surface area contributed by atoms with Crippen molar-refractivity contribution in [1.82, 2.24) is 19.6 Å². The number of rotatable bonds is 2. The van der Waals surface area contributed by atoms with E-state index >= 15 is 0 Å². The Kier molecular flexibility index (Phi) is 5.19. The van der Waals surface area contributed by atoms with Crippen molar-refractivity contribution in [3.63, 3.8) is 0 Å². The number of likely N-dealkylation sites (tertiary alicyclic amines) is 4. The fourth-order valence-electron chi connectivity index (χ4n) is 5.77. The summed E-state index contributed by atoms with van der Waals surface area (Å²) < 4.78 is 0. The van der Waals surface area contributed by atoms with Gasteiger partial charge in [0.15, 0.2) is 0 Å². The molecule has 0 N–H and O–H groups in total. The van der Waals surface area contributed by atoms with Crippen molar-refractivity contribution in [3.8, 4) is 0 Å². The molecular weight excluding hydrogens is 332 g/mol. The summed E-state index contributed by atoms with van der Waals surface area (Å²) >= 11 is 0. The van der Waals surface area contributed by atoms with Gasteiger partial charge in [-0.25, -0.2) is 0 Å². The van der Waals surface area contributed by atoms with Crippen LogP contribution in [0.15, 0.2) is 0 Å². The van der Waals surface area contributed by atoms with Gasteiger partial charge in [-0.2, -0.15) is 0 Å². The summed E-state index contributed by atoms with van der Waals surface area (Å²) in [6, 6.07) is 1.68. The predicted octanol–water partition coefficient (Wildman–Crippen LogP) is 3.13. The van der Waals surface area contributed by atoms with Crippen LogP contribution in [0.4, 0.5) is 0 Å². The lowest BCUT2D eigenvalue weighted by Crippen LogP contribution is -2.67. The molecule has 0 aromatic rings. The molecule has 4 nitrogen and oxygen atoms in total. The Hall–Kier alpha value is -0.160. The van der Waals surface area contributed by atoms with Crippen molar-refractivity contribution in [2.75, 3.05) is 52.4 Å². The number of piperidine rings is 2. The molecule has 0 amide bonds. The second-order valence-corrected chi connectivity index (χ2v) is 12.1. The molecule has 0 atom stereocenters. The van der Waals surface area contributed by atoms with Gasteiger partial charge in [0.2, 0.25) is 0 Å². The van der Waals surface area contributed by atoms with Gasteiger partial charge in [0.05, 0.1) is 0 Å². The fourth-order valence-corrected chi connectivity index (χ4v) is 5.77. The third-order valence-corrected chi connectivity index (χ3v) is 8.20. The fraction of sp³-hybridized carbons (Fsp3) is 1.00. The van der Waals surface area contributed by atoms with Gasteiger partial charge in [0.25, 0.3) is 0 Å². The lowest BCUT2D eigenvalue weighted by atomic mass is 9.70. The van der Waals surface area contributed by atoms with Crippen LogP contribution in [0, 0.1) is 5.41 Å². The molecule has 0 unspecified atom stereocenters. The second-order valence-electron chi connectivity index (χ2n) is 12.1. The zero-order valence-electron chi connectivity index (χ0n) is 18.9. The van der Waals surface area contributed by atoms with Crippen LogP contribution in [0.1, 0.15) is 67.2 Å². The van der Waals surface area contributed by atoms with E-state index in [0.29, 0.717) is 16.5 Å². The monoisotopic (exact) mass is 376 g/mol. The zero-order chi connectivity index (χ0) is 19.4. The van der Waals surface area contributed by atoms with E-state index in [1.807, 2.05) is 0 Å². The minimum atomic E-state index is 0.350. The van der Waals surface area contributed by atoms with Crippen molar-refractivity contribution in [2.24, 2.45) is 5.41 Å². The Morgan fingerprint density at radius 3 is 1.59 bits per heavy atom. The first-order chi connectivity index (χ1) is 12.6. The molecule has 4 saturated heterocycles. The van der Waals surface area contributed by atoms with Crippen molar-refractivity contribution in [2.45, 2.75) is 90.4 Å². The van der Waals surface area contributed by atoms with Crippen LogP contribution in [-0.4, -0.2) is 95.1 Å². The van der Waals surface area contributed by atoms with E-state index in [1.54, 1.807) is 0 Å². The Balaban J connectivity index is 1.18. The van der Waals surface area contributed by atoms with E-state index in [9.17, 15) is 0 Å². The average molecular weight is 377 g/mol. The van der Waals surface area contributed by atoms with Crippen LogP contribution in [0.5, 0.6) is 0 Å².